The largest absolute Gasteiger partial charge is 0.456 e. The lowest BCUT2D eigenvalue weighted by Crippen LogP contribution is -2.21. The van der Waals surface area contributed by atoms with Gasteiger partial charge in [-0.3, -0.25) is 0 Å². The number of hydrogen-bond acceptors (Lipinski definition) is 2. The van der Waals surface area contributed by atoms with Crippen LogP contribution in [-0.2, 0) is 10.8 Å². The number of fused-ring (bicyclic) bond motifs is 11. The molecule has 3 aliphatic carbocycles. The highest BCUT2D eigenvalue weighted by molar-refractivity contribution is 6.06. The predicted octanol–water partition coefficient (Wildman–Crippen LogP) is 17.2. The second-order valence-corrected chi connectivity index (χ2v) is 18.8. The average Bonchev–Trinajstić information content (AvgIpc) is 4.11. The van der Waals surface area contributed by atoms with Crippen LogP contribution < -0.4 is 4.90 Å². The zero-order valence-corrected chi connectivity index (χ0v) is 36.2. The fraction of sp³-hybridized carbons (Fsp3) is 0.129. The average molecular weight is 822 g/mol. The lowest BCUT2D eigenvalue weighted by Gasteiger charge is -2.31. The molecule has 2 heteroatoms. The van der Waals surface area contributed by atoms with Crippen LogP contribution in [0.1, 0.15) is 61.8 Å². The van der Waals surface area contributed by atoms with E-state index in [1.165, 1.54) is 113 Å². The molecule has 0 atom stereocenters. The van der Waals surface area contributed by atoms with Gasteiger partial charge in [0.05, 0.1) is 0 Å². The first-order chi connectivity index (χ1) is 31.4. The molecule has 0 N–H and O–H groups in total. The molecule has 1 heterocycles. The lowest BCUT2D eigenvalue weighted by molar-refractivity contribution is 0.550. The van der Waals surface area contributed by atoms with E-state index in [4.69, 9.17) is 4.42 Å². The van der Waals surface area contributed by atoms with Gasteiger partial charge in [-0.05, 0) is 151 Å². The van der Waals surface area contributed by atoms with Gasteiger partial charge in [-0.15, -0.1) is 0 Å². The molecule has 64 heavy (non-hydrogen) atoms. The maximum atomic E-state index is 6.22. The fourth-order valence-electron chi connectivity index (χ4n) is 11.8. The van der Waals surface area contributed by atoms with E-state index in [0.29, 0.717) is 0 Å². The van der Waals surface area contributed by atoms with E-state index in [0.717, 1.165) is 29.7 Å². The van der Waals surface area contributed by atoms with Crippen molar-refractivity contribution < 1.29 is 4.42 Å². The molecule has 10 aromatic rings. The normalized spacial score (nSPS) is 15.0. The number of anilines is 3. The molecule has 2 nitrogen and oxygen atoms in total. The first kappa shape index (κ1) is 37.2. The minimum absolute atomic E-state index is 0.0217. The van der Waals surface area contributed by atoms with Crippen molar-refractivity contribution in [1.82, 2.24) is 0 Å². The van der Waals surface area contributed by atoms with Crippen LogP contribution in [0.4, 0.5) is 17.1 Å². The number of benzene rings is 9. The molecule has 0 aliphatic heterocycles. The van der Waals surface area contributed by atoms with Crippen LogP contribution in [0.3, 0.4) is 0 Å². The van der Waals surface area contributed by atoms with Crippen LogP contribution in [0, 0.1) is 0 Å². The Morgan fingerprint density at radius 1 is 0.359 bits per heavy atom. The Balaban J connectivity index is 0.919. The number of nitrogens with zero attached hydrogens (tertiary/aromatic N) is 1. The Kier molecular flexibility index (Phi) is 8.15. The molecule has 1 saturated carbocycles. The van der Waals surface area contributed by atoms with Crippen LogP contribution >= 0.6 is 0 Å². The zero-order valence-electron chi connectivity index (χ0n) is 36.2. The number of para-hydroxylation sites is 1. The van der Waals surface area contributed by atoms with Crippen molar-refractivity contribution in [2.45, 2.75) is 50.4 Å². The molecule has 1 spiro atoms. The van der Waals surface area contributed by atoms with Crippen LogP contribution in [0.25, 0.3) is 77.6 Å². The Morgan fingerprint density at radius 3 is 1.58 bits per heavy atom. The second-order valence-electron chi connectivity index (χ2n) is 18.8. The van der Waals surface area contributed by atoms with Crippen LogP contribution in [0.15, 0.2) is 205 Å². The van der Waals surface area contributed by atoms with Gasteiger partial charge >= 0.3 is 0 Å². The van der Waals surface area contributed by atoms with Crippen LogP contribution in [-0.4, -0.2) is 0 Å². The van der Waals surface area contributed by atoms with E-state index >= 15 is 0 Å². The van der Waals surface area contributed by atoms with Crippen molar-refractivity contribution in [3.63, 3.8) is 0 Å². The molecule has 0 bridgehead atoms. The Labute approximate surface area is 375 Å². The quantitative estimate of drug-likeness (QED) is 0.166. The minimum atomic E-state index is -0.107. The molecule has 0 amide bonds. The van der Waals surface area contributed by atoms with Crippen molar-refractivity contribution in [1.29, 1.82) is 0 Å². The molecular formula is C62H47NO. The molecular weight excluding hydrogens is 775 g/mol. The summed E-state index contributed by atoms with van der Waals surface area (Å²) in [7, 11) is 0. The van der Waals surface area contributed by atoms with Crippen molar-refractivity contribution >= 4 is 39.0 Å². The summed E-state index contributed by atoms with van der Waals surface area (Å²) in [6.45, 7) is 4.76. The highest BCUT2D eigenvalue weighted by atomic mass is 16.3. The van der Waals surface area contributed by atoms with Gasteiger partial charge < -0.3 is 9.32 Å². The first-order valence-corrected chi connectivity index (χ1v) is 22.9. The summed E-state index contributed by atoms with van der Waals surface area (Å²) in [5, 5.41) is 2.34. The summed E-state index contributed by atoms with van der Waals surface area (Å²) in [4.78, 5) is 2.50. The van der Waals surface area contributed by atoms with E-state index in [1.807, 2.05) is 6.07 Å². The van der Waals surface area contributed by atoms with Crippen molar-refractivity contribution in [3.05, 3.63) is 222 Å². The molecule has 0 saturated heterocycles. The molecule has 1 fully saturated rings. The maximum absolute atomic E-state index is 6.22. The highest BCUT2D eigenvalue weighted by Crippen LogP contribution is 2.59. The first-order valence-electron chi connectivity index (χ1n) is 22.9. The summed E-state index contributed by atoms with van der Waals surface area (Å²) in [5.41, 5.74) is 23.8. The maximum Gasteiger partial charge on any atom is 0.135 e. The van der Waals surface area contributed by atoms with Crippen LogP contribution in [0.2, 0.25) is 0 Å². The molecule has 3 aliphatic rings. The summed E-state index contributed by atoms with van der Waals surface area (Å²) < 4.78 is 6.22. The Bertz CT molecular complexity index is 3460. The number of rotatable bonds is 6. The monoisotopic (exact) mass is 821 g/mol. The van der Waals surface area contributed by atoms with Gasteiger partial charge in [0.25, 0.3) is 0 Å². The summed E-state index contributed by atoms with van der Waals surface area (Å²) in [5.74, 6) is 0. The van der Waals surface area contributed by atoms with Crippen molar-refractivity contribution in [2.24, 2.45) is 0 Å². The third-order valence-electron chi connectivity index (χ3n) is 15.0. The fourth-order valence-corrected chi connectivity index (χ4v) is 11.8. The topological polar surface area (TPSA) is 16.4 Å². The molecule has 306 valence electrons. The predicted molar refractivity (Wildman–Crippen MR) is 267 cm³/mol. The highest BCUT2D eigenvalue weighted by Gasteiger charge is 2.45. The zero-order chi connectivity index (χ0) is 42.6. The van der Waals surface area contributed by atoms with Gasteiger partial charge in [0.1, 0.15) is 11.2 Å². The molecule has 13 rings (SSSR count). The summed E-state index contributed by atoms with van der Waals surface area (Å²) >= 11 is 0. The summed E-state index contributed by atoms with van der Waals surface area (Å²) in [6, 6.07) is 74.6. The van der Waals surface area contributed by atoms with Gasteiger partial charge in [-0.2, -0.15) is 0 Å². The number of hydrogen-bond donors (Lipinski definition) is 0. The van der Waals surface area contributed by atoms with Crippen molar-refractivity contribution in [2.75, 3.05) is 4.90 Å². The van der Waals surface area contributed by atoms with Crippen LogP contribution in [0.5, 0.6) is 0 Å². The smallest absolute Gasteiger partial charge is 0.135 e. The summed E-state index contributed by atoms with van der Waals surface area (Å²) in [6.07, 6.45) is 4.79. The van der Waals surface area contributed by atoms with Gasteiger partial charge in [0.2, 0.25) is 0 Å². The Hall–Kier alpha value is -7.42. The van der Waals surface area contributed by atoms with E-state index < -0.39 is 0 Å². The molecule has 1 aromatic heterocycles. The number of furan rings is 1. The van der Waals surface area contributed by atoms with Gasteiger partial charge in [-0.1, -0.05) is 166 Å². The van der Waals surface area contributed by atoms with E-state index in [1.54, 1.807) is 0 Å². The molecule has 9 aromatic carbocycles. The third-order valence-corrected chi connectivity index (χ3v) is 15.0. The lowest BCUT2D eigenvalue weighted by atomic mass is 9.76. The van der Waals surface area contributed by atoms with Gasteiger partial charge in [-0.25, -0.2) is 0 Å². The van der Waals surface area contributed by atoms with Gasteiger partial charge in [0.15, 0.2) is 0 Å². The molecule has 0 unspecified atom stereocenters. The second kappa shape index (κ2) is 14.0. The third kappa shape index (κ3) is 5.58. The van der Waals surface area contributed by atoms with Gasteiger partial charge in [0, 0.05) is 38.7 Å². The minimum Gasteiger partial charge on any atom is -0.456 e. The standard InChI is InChI=1S/C62H47NO/c1-61(2)55-16-8-6-14-49(55)50-31-28-47(38-56(50)61)63(46-26-22-43(23-27-46)42-20-18-41(19-21-42)40-12-4-3-5-13-40)48-29-32-52-51-30-24-45(37-57(51)62(58(52)39-48)34-10-11-35-62)44-25-33-60-54(36-44)53-15-7-9-17-59(53)64-60/h3-9,12-33,36-39H,10-11,34-35H2,1-2H3. The SMILES string of the molecule is CC1(C)c2ccccc2-c2ccc(N(c3ccc(-c4ccc(-c5ccccc5)cc4)cc3)c3ccc4c(c3)C3(CCCC3)c3cc(-c5ccc6oc7ccccc7c6c5)ccc3-4)cc21. The van der Waals surface area contributed by atoms with E-state index in [2.05, 4.69) is 213 Å². The molecule has 0 radical (unpaired) electrons. The van der Waals surface area contributed by atoms with Crippen molar-refractivity contribution in [3.8, 4) is 55.6 Å². The van der Waals surface area contributed by atoms with E-state index in [9.17, 15) is 0 Å². The van der Waals surface area contributed by atoms with E-state index in [-0.39, 0.29) is 10.8 Å². The Morgan fingerprint density at radius 2 is 0.844 bits per heavy atom.